The van der Waals surface area contributed by atoms with Crippen molar-refractivity contribution in [3.63, 3.8) is 0 Å². The van der Waals surface area contributed by atoms with Gasteiger partial charge in [-0.25, -0.2) is 0 Å². The molecule has 0 fully saturated rings. The van der Waals surface area contributed by atoms with Gasteiger partial charge in [0.05, 0.1) is 23.7 Å². The van der Waals surface area contributed by atoms with Crippen LogP contribution in [0.5, 0.6) is 0 Å². The van der Waals surface area contributed by atoms with Gasteiger partial charge in [-0.05, 0) is 44.4 Å². The van der Waals surface area contributed by atoms with Crippen LogP contribution in [0.25, 0.3) is 0 Å². The number of hydrogen-bond acceptors (Lipinski definition) is 3. The third-order valence-electron chi connectivity index (χ3n) is 4.79. The molecule has 6 nitrogen and oxygen atoms in total. The van der Waals surface area contributed by atoms with Gasteiger partial charge in [0.2, 0.25) is 5.91 Å². The van der Waals surface area contributed by atoms with Crippen LogP contribution in [-0.2, 0) is 9.59 Å². The van der Waals surface area contributed by atoms with E-state index in [4.69, 9.17) is 0 Å². The molecular formula is C19H23N3O3. The summed E-state index contributed by atoms with van der Waals surface area (Å²) in [5.41, 5.74) is 3.66. The molecule has 1 aromatic carbocycles. The molecule has 0 aliphatic heterocycles. The second kappa shape index (κ2) is 6.70. The summed E-state index contributed by atoms with van der Waals surface area (Å²) in [5, 5.41) is 16.8. The van der Waals surface area contributed by atoms with Gasteiger partial charge in [-0.2, -0.15) is 5.10 Å². The van der Waals surface area contributed by atoms with Crippen LogP contribution in [0.2, 0.25) is 0 Å². The van der Waals surface area contributed by atoms with Crippen LogP contribution in [0.15, 0.2) is 30.3 Å². The molecule has 1 aliphatic carbocycles. The SMILES string of the molecule is Cc1cc(C)n(C(C)CC(=O)NC2CC(C(=O)O)c3ccccc32)n1. The Morgan fingerprint density at radius 2 is 2.00 bits per heavy atom. The number of aryl methyl sites for hydroxylation is 2. The zero-order valence-electron chi connectivity index (χ0n) is 14.7. The Balaban J connectivity index is 1.69. The first-order chi connectivity index (χ1) is 11.9. The van der Waals surface area contributed by atoms with Crippen molar-refractivity contribution in [2.75, 3.05) is 0 Å². The molecule has 1 aliphatic rings. The van der Waals surface area contributed by atoms with Crippen molar-refractivity contribution in [3.05, 3.63) is 52.8 Å². The van der Waals surface area contributed by atoms with E-state index in [-0.39, 0.29) is 18.0 Å². The Hall–Kier alpha value is -2.63. The summed E-state index contributed by atoms with van der Waals surface area (Å²) in [5.74, 6) is -1.50. The normalized spacial score (nSPS) is 20.1. The number of fused-ring (bicyclic) bond motifs is 1. The second-order valence-electron chi connectivity index (χ2n) is 6.80. The summed E-state index contributed by atoms with van der Waals surface area (Å²) in [7, 11) is 0. The number of amides is 1. The summed E-state index contributed by atoms with van der Waals surface area (Å²) in [6.07, 6.45) is 0.701. The van der Waals surface area contributed by atoms with E-state index in [0.717, 1.165) is 22.5 Å². The molecule has 3 rings (SSSR count). The van der Waals surface area contributed by atoms with Crippen molar-refractivity contribution >= 4 is 11.9 Å². The summed E-state index contributed by atoms with van der Waals surface area (Å²) >= 11 is 0. The molecule has 132 valence electrons. The van der Waals surface area contributed by atoms with Crippen molar-refractivity contribution < 1.29 is 14.7 Å². The summed E-state index contributed by atoms with van der Waals surface area (Å²) in [4.78, 5) is 24.0. The van der Waals surface area contributed by atoms with Crippen molar-refractivity contribution in [1.82, 2.24) is 15.1 Å². The van der Waals surface area contributed by atoms with Gasteiger partial charge in [0.25, 0.3) is 0 Å². The summed E-state index contributed by atoms with van der Waals surface area (Å²) < 4.78 is 1.86. The number of benzene rings is 1. The predicted molar refractivity (Wildman–Crippen MR) is 93.3 cm³/mol. The molecule has 1 heterocycles. The zero-order valence-corrected chi connectivity index (χ0v) is 14.7. The van der Waals surface area contributed by atoms with E-state index < -0.39 is 11.9 Å². The van der Waals surface area contributed by atoms with E-state index in [1.807, 2.05) is 55.8 Å². The fourth-order valence-corrected chi connectivity index (χ4v) is 3.71. The fraction of sp³-hybridized carbons (Fsp3) is 0.421. The van der Waals surface area contributed by atoms with E-state index in [9.17, 15) is 14.7 Å². The van der Waals surface area contributed by atoms with Crippen molar-refractivity contribution in [3.8, 4) is 0 Å². The molecule has 3 unspecified atom stereocenters. The van der Waals surface area contributed by atoms with Crippen molar-refractivity contribution in [1.29, 1.82) is 0 Å². The minimum atomic E-state index is -0.847. The second-order valence-corrected chi connectivity index (χ2v) is 6.80. The minimum Gasteiger partial charge on any atom is -0.481 e. The Morgan fingerprint density at radius 1 is 1.32 bits per heavy atom. The highest BCUT2D eigenvalue weighted by Crippen LogP contribution is 2.40. The van der Waals surface area contributed by atoms with E-state index in [1.54, 1.807) is 0 Å². The molecule has 0 radical (unpaired) electrons. The average Bonchev–Trinajstić information content (AvgIpc) is 3.08. The van der Waals surface area contributed by atoms with Gasteiger partial charge in [-0.15, -0.1) is 0 Å². The van der Waals surface area contributed by atoms with Crippen LogP contribution in [0.1, 0.15) is 60.3 Å². The van der Waals surface area contributed by atoms with E-state index in [0.29, 0.717) is 12.8 Å². The quantitative estimate of drug-likeness (QED) is 0.876. The zero-order chi connectivity index (χ0) is 18.1. The predicted octanol–water partition coefficient (Wildman–Crippen LogP) is 2.88. The molecule has 0 bridgehead atoms. The number of nitrogens with one attached hydrogen (secondary N) is 1. The fourth-order valence-electron chi connectivity index (χ4n) is 3.71. The molecule has 25 heavy (non-hydrogen) atoms. The lowest BCUT2D eigenvalue weighted by atomic mass is 10.0. The number of carbonyl (C=O) groups is 2. The summed E-state index contributed by atoms with van der Waals surface area (Å²) in [6, 6.07) is 9.12. The van der Waals surface area contributed by atoms with Gasteiger partial charge in [-0.1, -0.05) is 24.3 Å². The lowest BCUT2D eigenvalue weighted by molar-refractivity contribution is -0.139. The summed E-state index contributed by atoms with van der Waals surface area (Å²) in [6.45, 7) is 5.86. The van der Waals surface area contributed by atoms with Crippen LogP contribution in [0.4, 0.5) is 0 Å². The van der Waals surface area contributed by atoms with Gasteiger partial charge in [0.1, 0.15) is 0 Å². The van der Waals surface area contributed by atoms with Gasteiger partial charge in [0, 0.05) is 12.1 Å². The third kappa shape index (κ3) is 3.43. The van der Waals surface area contributed by atoms with Crippen LogP contribution in [-0.4, -0.2) is 26.8 Å². The first-order valence-corrected chi connectivity index (χ1v) is 8.50. The van der Waals surface area contributed by atoms with E-state index in [2.05, 4.69) is 10.4 Å². The largest absolute Gasteiger partial charge is 0.481 e. The smallest absolute Gasteiger partial charge is 0.311 e. The topological polar surface area (TPSA) is 84.2 Å². The van der Waals surface area contributed by atoms with Crippen LogP contribution in [0.3, 0.4) is 0 Å². The van der Waals surface area contributed by atoms with Crippen molar-refractivity contribution in [2.45, 2.75) is 51.6 Å². The van der Waals surface area contributed by atoms with Gasteiger partial charge < -0.3 is 10.4 Å². The molecule has 1 aromatic heterocycles. The monoisotopic (exact) mass is 341 g/mol. The molecule has 0 spiro atoms. The van der Waals surface area contributed by atoms with Gasteiger partial charge >= 0.3 is 5.97 Å². The molecule has 1 amide bonds. The highest BCUT2D eigenvalue weighted by atomic mass is 16.4. The lowest BCUT2D eigenvalue weighted by Crippen LogP contribution is -2.29. The number of carboxylic acids is 1. The molecule has 3 atom stereocenters. The Bertz CT molecular complexity index is 812. The van der Waals surface area contributed by atoms with E-state index >= 15 is 0 Å². The molecule has 6 heteroatoms. The Morgan fingerprint density at radius 3 is 2.60 bits per heavy atom. The maximum absolute atomic E-state index is 12.5. The van der Waals surface area contributed by atoms with Gasteiger partial charge in [0.15, 0.2) is 0 Å². The van der Waals surface area contributed by atoms with E-state index in [1.165, 1.54) is 0 Å². The number of aromatic nitrogens is 2. The molecule has 2 aromatic rings. The highest BCUT2D eigenvalue weighted by Gasteiger charge is 2.35. The Labute approximate surface area is 146 Å². The maximum atomic E-state index is 12.5. The standard InChI is InChI=1S/C19H23N3O3/c1-11-8-12(2)22(21-11)13(3)9-18(23)20-17-10-16(19(24)25)14-6-4-5-7-15(14)17/h4-8,13,16-17H,9-10H2,1-3H3,(H,20,23)(H,24,25). The highest BCUT2D eigenvalue weighted by molar-refractivity contribution is 5.80. The number of nitrogens with zero attached hydrogens (tertiary/aromatic N) is 2. The number of rotatable bonds is 5. The minimum absolute atomic E-state index is 0.0550. The number of carbonyl (C=O) groups excluding carboxylic acids is 1. The van der Waals surface area contributed by atoms with Gasteiger partial charge in [-0.3, -0.25) is 14.3 Å². The number of carboxylic acid groups (broad SMARTS) is 1. The van der Waals surface area contributed by atoms with Crippen LogP contribution >= 0.6 is 0 Å². The molecule has 0 saturated carbocycles. The molecular weight excluding hydrogens is 318 g/mol. The average molecular weight is 341 g/mol. The van der Waals surface area contributed by atoms with Crippen molar-refractivity contribution in [2.24, 2.45) is 0 Å². The first kappa shape index (κ1) is 17.2. The lowest BCUT2D eigenvalue weighted by Gasteiger charge is -2.18. The number of hydrogen-bond donors (Lipinski definition) is 2. The third-order valence-corrected chi connectivity index (χ3v) is 4.79. The maximum Gasteiger partial charge on any atom is 0.311 e. The van der Waals surface area contributed by atoms with Crippen LogP contribution < -0.4 is 5.32 Å². The molecule has 2 N–H and O–H groups in total. The molecule has 0 saturated heterocycles. The number of aliphatic carboxylic acids is 1. The van der Waals surface area contributed by atoms with Crippen LogP contribution in [0, 0.1) is 13.8 Å². The Kier molecular flexibility index (Phi) is 4.61. The first-order valence-electron chi connectivity index (χ1n) is 8.50.